The molecule has 110 valence electrons. The first-order valence-corrected chi connectivity index (χ1v) is 6.34. The highest BCUT2D eigenvalue weighted by atomic mass is 16.6. The summed E-state index contributed by atoms with van der Waals surface area (Å²) in [6, 6.07) is 10.5. The lowest BCUT2D eigenvalue weighted by molar-refractivity contribution is -0.384. The fourth-order valence-corrected chi connectivity index (χ4v) is 2.39. The molecule has 0 amide bonds. The first-order valence-electron chi connectivity index (χ1n) is 6.34. The van der Waals surface area contributed by atoms with Crippen molar-refractivity contribution in [2.45, 2.75) is 0 Å². The van der Waals surface area contributed by atoms with Gasteiger partial charge in [0.25, 0.3) is 11.4 Å². The molecule has 22 heavy (non-hydrogen) atoms. The number of nitro groups is 2. The number of non-ortho nitro benzene ring substituents is 2. The maximum atomic E-state index is 11.2. The van der Waals surface area contributed by atoms with Crippen LogP contribution in [0.5, 0.6) is 0 Å². The second kappa shape index (κ2) is 4.92. The van der Waals surface area contributed by atoms with Crippen molar-refractivity contribution in [1.29, 1.82) is 0 Å². The Balaban J connectivity index is 2.26. The van der Waals surface area contributed by atoms with E-state index < -0.39 is 9.85 Å². The molecule has 0 saturated heterocycles. The normalized spacial score (nSPS) is 10.8. The van der Waals surface area contributed by atoms with Gasteiger partial charge >= 0.3 is 0 Å². The Labute approximate surface area is 123 Å². The Kier molecular flexibility index (Phi) is 3.06. The summed E-state index contributed by atoms with van der Waals surface area (Å²) in [5, 5.41) is 26.7. The minimum Gasteiger partial charge on any atom is -0.267 e. The van der Waals surface area contributed by atoms with Gasteiger partial charge < -0.3 is 0 Å². The van der Waals surface area contributed by atoms with Gasteiger partial charge in [0.05, 0.1) is 15.4 Å². The van der Waals surface area contributed by atoms with Gasteiger partial charge in [-0.15, -0.1) is 0 Å². The van der Waals surface area contributed by atoms with Crippen LogP contribution >= 0.6 is 0 Å². The predicted octanol–water partition coefficient (Wildman–Crippen LogP) is 3.06. The first kappa shape index (κ1) is 13.7. The zero-order chi connectivity index (χ0) is 15.9. The number of rotatable bonds is 3. The third kappa shape index (κ3) is 2.06. The highest BCUT2D eigenvalue weighted by Gasteiger charge is 2.21. The monoisotopic (exact) mass is 298 g/mol. The molecular weight excluding hydrogens is 288 g/mol. The summed E-state index contributed by atoms with van der Waals surface area (Å²) in [4.78, 5) is 21.0. The molecule has 3 aromatic rings. The van der Waals surface area contributed by atoms with E-state index in [4.69, 9.17) is 0 Å². The summed E-state index contributed by atoms with van der Waals surface area (Å²) in [7, 11) is 1.70. The standard InChI is InChI=1S/C14H10N4O4/c1-16-11-3-2-4-12(18(21)22)13(11)14(15-16)9-5-7-10(8-6-9)17(19)20/h2-8H,1H3. The van der Waals surface area contributed by atoms with Gasteiger partial charge in [0.2, 0.25) is 0 Å². The van der Waals surface area contributed by atoms with E-state index in [9.17, 15) is 20.2 Å². The number of hydrogen-bond acceptors (Lipinski definition) is 5. The molecule has 0 radical (unpaired) electrons. The number of benzene rings is 2. The summed E-state index contributed by atoms with van der Waals surface area (Å²) in [5.41, 5.74) is 1.56. The van der Waals surface area contributed by atoms with Gasteiger partial charge in [0, 0.05) is 30.8 Å². The molecule has 1 aromatic heterocycles. The second-order valence-corrected chi connectivity index (χ2v) is 4.70. The molecule has 0 aliphatic heterocycles. The average molecular weight is 298 g/mol. The van der Waals surface area contributed by atoms with Crippen molar-refractivity contribution < 1.29 is 9.85 Å². The Morgan fingerprint density at radius 3 is 2.27 bits per heavy atom. The zero-order valence-corrected chi connectivity index (χ0v) is 11.5. The lowest BCUT2D eigenvalue weighted by Crippen LogP contribution is -1.90. The van der Waals surface area contributed by atoms with Crippen LogP contribution in [-0.2, 0) is 7.05 Å². The topological polar surface area (TPSA) is 104 Å². The Morgan fingerprint density at radius 1 is 1.00 bits per heavy atom. The van der Waals surface area contributed by atoms with Crippen LogP contribution in [0.2, 0.25) is 0 Å². The molecule has 3 rings (SSSR count). The molecule has 1 heterocycles. The van der Waals surface area contributed by atoms with Crippen molar-refractivity contribution in [2.24, 2.45) is 7.05 Å². The van der Waals surface area contributed by atoms with Crippen molar-refractivity contribution >= 4 is 22.3 Å². The summed E-state index contributed by atoms with van der Waals surface area (Å²) in [6.07, 6.45) is 0. The molecule has 0 fully saturated rings. The van der Waals surface area contributed by atoms with Crippen molar-refractivity contribution in [3.63, 3.8) is 0 Å². The van der Waals surface area contributed by atoms with Crippen LogP contribution < -0.4 is 0 Å². The van der Waals surface area contributed by atoms with Crippen molar-refractivity contribution in [3.05, 3.63) is 62.7 Å². The van der Waals surface area contributed by atoms with Crippen molar-refractivity contribution in [3.8, 4) is 11.3 Å². The summed E-state index contributed by atoms with van der Waals surface area (Å²) in [6.45, 7) is 0. The van der Waals surface area contributed by atoms with E-state index in [0.717, 1.165) is 0 Å². The molecule has 0 bridgehead atoms. The number of fused-ring (bicyclic) bond motifs is 1. The highest BCUT2D eigenvalue weighted by molar-refractivity contribution is 6.00. The minimum absolute atomic E-state index is 0.0426. The molecule has 2 aromatic carbocycles. The second-order valence-electron chi connectivity index (χ2n) is 4.70. The minimum atomic E-state index is -0.497. The highest BCUT2D eigenvalue weighted by Crippen LogP contribution is 2.34. The van der Waals surface area contributed by atoms with Crippen LogP contribution in [0, 0.1) is 20.2 Å². The van der Waals surface area contributed by atoms with E-state index in [0.29, 0.717) is 22.2 Å². The van der Waals surface area contributed by atoms with Gasteiger partial charge in [0.1, 0.15) is 11.1 Å². The number of nitro benzene ring substituents is 2. The largest absolute Gasteiger partial charge is 0.281 e. The van der Waals surface area contributed by atoms with E-state index in [-0.39, 0.29) is 11.4 Å². The van der Waals surface area contributed by atoms with Gasteiger partial charge in [-0.25, -0.2) is 0 Å². The van der Waals surface area contributed by atoms with Crippen LogP contribution in [0.1, 0.15) is 0 Å². The maximum absolute atomic E-state index is 11.2. The maximum Gasteiger partial charge on any atom is 0.281 e. The fourth-order valence-electron chi connectivity index (χ4n) is 2.39. The van der Waals surface area contributed by atoms with Gasteiger partial charge in [-0.05, 0) is 18.2 Å². The van der Waals surface area contributed by atoms with Crippen LogP contribution in [0.3, 0.4) is 0 Å². The number of hydrogen-bond donors (Lipinski definition) is 0. The van der Waals surface area contributed by atoms with E-state index in [2.05, 4.69) is 5.10 Å². The molecule has 0 spiro atoms. The zero-order valence-electron chi connectivity index (χ0n) is 11.5. The summed E-state index contributed by atoms with van der Waals surface area (Å²) >= 11 is 0. The molecular formula is C14H10N4O4. The van der Waals surface area contributed by atoms with Gasteiger partial charge in [-0.3, -0.25) is 24.9 Å². The average Bonchev–Trinajstić information content (AvgIpc) is 2.84. The van der Waals surface area contributed by atoms with E-state index in [1.54, 1.807) is 23.9 Å². The SMILES string of the molecule is Cn1nc(-c2ccc([N+](=O)[O-])cc2)c2c([N+](=O)[O-])cccc21. The molecule has 0 N–H and O–H groups in total. The van der Waals surface area contributed by atoms with Crippen LogP contribution in [0.25, 0.3) is 22.2 Å². The van der Waals surface area contributed by atoms with Crippen LogP contribution in [-0.4, -0.2) is 19.6 Å². The molecule has 0 aliphatic carbocycles. The first-order chi connectivity index (χ1) is 10.5. The summed E-state index contributed by atoms with van der Waals surface area (Å²) in [5.74, 6) is 0. The molecule has 8 heteroatoms. The van der Waals surface area contributed by atoms with Crippen LogP contribution in [0.15, 0.2) is 42.5 Å². The fraction of sp³-hybridized carbons (Fsp3) is 0.0714. The van der Waals surface area contributed by atoms with E-state index in [1.165, 1.54) is 30.3 Å². The van der Waals surface area contributed by atoms with Crippen molar-refractivity contribution in [2.75, 3.05) is 0 Å². The molecule has 0 unspecified atom stereocenters. The predicted molar refractivity (Wildman–Crippen MR) is 79.5 cm³/mol. The van der Waals surface area contributed by atoms with Crippen molar-refractivity contribution in [1.82, 2.24) is 9.78 Å². The summed E-state index contributed by atoms with van der Waals surface area (Å²) < 4.78 is 1.55. The molecule has 8 nitrogen and oxygen atoms in total. The number of aromatic nitrogens is 2. The van der Waals surface area contributed by atoms with Gasteiger partial charge in [0.15, 0.2) is 0 Å². The lowest BCUT2D eigenvalue weighted by atomic mass is 10.1. The Hall–Kier alpha value is -3.29. The Bertz CT molecular complexity index is 899. The molecule has 0 saturated carbocycles. The number of aryl methyl sites for hydroxylation is 1. The smallest absolute Gasteiger partial charge is 0.267 e. The third-order valence-corrected chi connectivity index (χ3v) is 3.40. The van der Waals surface area contributed by atoms with Gasteiger partial charge in [-0.1, -0.05) is 6.07 Å². The van der Waals surface area contributed by atoms with E-state index >= 15 is 0 Å². The third-order valence-electron chi connectivity index (χ3n) is 3.40. The lowest BCUT2D eigenvalue weighted by Gasteiger charge is -1.99. The van der Waals surface area contributed by atoms with E-state index in [1.807, 2.05) is 0 Å². The molecule has 0 aliphatic rings. The molecule has 0 atom stereocenters. The van der Waals surface area contributed by atoms with Gasteiger partial charge in [-0.2, -0.15) is 5.10 Å². The van der Waals surface area contributed by atoms with Crippen LogP contribution in [0.4, 0.5) is 11.4 Å². The number of nitrogens with zero attached hydrogens (tertiary/aromatic N) is 4. The quantitative estimate of drug-likeness (QED) is 0.546. The Morgan fingerprint density at radius 2 is 1.68 bits per heavy atom.